The Morgan fingerprint density at radius 1 is 1.02 bits per heavy atom. The van der Waals surface area contributed by atoms with E-state index in [0.717, 1.165) is 22.3 Å². The first-order valence-electron chi connectivity index (χ1n) is 19.3. The lowest BCUT2D eigenvalue weighted by atomic mass is 9.62. The molecule has 3 heterocycles. The molecule has 0 aromatic heterocycles. The Kier molecular flexibility index (Phi) is 11.5. The van der Waals surface area contributed by atoms with Crippen LogP contribution in [0.5, 0.6) is 0 Å². The number of carbonyl (C=O) groups is 4. The number of benzene rings is 2. The van der Waals surface area contributed by atoms with Gasteiger partial charge in [-0.15, -0.1) is 0 Å². The van der Waals surface area contributed by atoms with Crippen molar-refractivity contribution in [3.05, 3.63) is 77.0 Å². The minimum absolute atomic E-state index is 0.0154. The van der Waals surface area contributed by atoms with Crippen molar-refractivity contribution in [2.24, 2.45) is 5.41 Å². The fourth-order valence-electron chi connectivity index (χ4n) is 8.57. The number of rotatable bonds is 15. The third-order valence-electron chi connectivity index (χ3n) is 10.9. The minimum atomic E-state index is -1.42. The first-order valence-corrected chi connectivity index (χ1v) is 19.3. The van der Waals surface area contributed by atoms with Gasteiger partial charge in [-0.25, -0.2) is 0 Å². The molecule has 7 unspecified atom stereocenters. The third kappa shape index (κ3) is 8.20. The average molecular weight is 778 g/mol. The predicted molar refractivity (Wildman–Crippen MR) is 198 cm³/mol. The summed E-state index contributed by atoms with van der Waals surface area (Å²) in [5.41, 5.74) is 1.81. The maximum atomic E-state index is 14.6. The fourth-order valence-corrected chi connectivity index (χ4v) is 8.57. The molecule has 302 valence electrons. The summed E-state index contributed by atoms with van der Waals surface area (Å²) in [7, 11) is 0. The molecule has 15 heteroatoms. The number of aliphatic hydroxyl groups excluding tert-OH is 2. The van der Waals surface area contributed by atoms with Gasteiger partial charge in [0.2, 0.25) is 11.8 Å². The van der Waals surface area contributed by atoms with Gasteiger partial charge in [0, 0.05) is 38.6 Å². The Hall–Kier alpha value is -4.38. The summed E-state index contributed by atoms with van der Waals surface area (Å²) >= 11 is 0. The molecular weight excluding hydrogens is 726 g/mol. The van der Waals surface area contributed by atoms with Gasteiger partial charge in [-0.05, 0) is 55.5 Å². The van der Waals surface area contributed by atoms with Gasteiger partial charge in [-0.3, -0.25) is 24.0 Å². The number of hydroxylamine groups is 2. The molecule has 5 aliphatic rings. The van der Waals surface area contributed by atoms with Gasteiger partial charge in [0.1, 0.15) is 42.0 Å². The second kappa shape index (κ2) is 16.2. The summed E-state index contributed by atoms with van der Waals surface area (Å²) in [5.74, 6) is -2.93. The summed E-state index contributed by atoms with van der Waals surface area (Å²) in [6, 6.07) is 13.8. The summed E-state index contributed by atoms with van der Waals surface area (Å²) in [4.78, 5) is 60.4. The van der Waals surface area contributed by atoms with E-state index in [1.54, 1.807) is 26.8 Å². The average Bonchev–Trinajstić information content (AvgIpc) is 3.83. The lowest BCUT2D eigenvalue weighted by Gasteiger charge is -2.48. The van der Waals surface area contributed by atoms with E-state index in [9.17, 15) is 24.3 Å². The normalized spacial score (nSPS) is 27.7. The van der Waals surface area contributed by atoms with E-state index < -0.39 is 77.1 Å². The van der Waals surface area contributed by atoms with Crippen LogP contribution >= 0.6 is 0 Å². The maximum Gasteiger partial charge on any atom is 0.327 e. The predicted octanol–water partition coefficient (Wildman–Crippen LogP) is 1.85. The molecule has 1 saturated carbocycles. The number of aliphatic hydroxyl groups is 2. The Morgan fingerprint density at radius 2 is 1.73 bits per heavy atom. The summed E-state index contributed by atoms with van der Waals surface area (Å²) in [5, 5.41) is 25.9. The molecule has 3 aliphatic heterocycles. The Labute approximate surface area is 325 Å². The van der Waals surface area contributed by atoms with Gasteiger partial charge < -0.3 is 44.5 Å². The highest BCUT2D eigenvalue weighted by Crippen LogP contribution is 2.58. The minimum Gasteiger partial charge on any atom is -0.499 e. The van der Waals surface area contributed by atoms with Crippen molar-refractivity contribution >= 4 is 29.8 Å². The summed E-state index contributed by atoms with van der Waals surface area (Å²) in [6.45, 7) is 5.11. The Balaban J connectivity index is 1.07. The zero-order valence-electron chi connectivity index (χ0n) is 31.9. The maximum absolute atomic E-state index is 14.6. The fraction of sp³-hybridized carbons (Fsp3) is 0.561. The van der Waals surface area contributed by atoms with Crippen molar-refractivity contribution in [3.63, 3.8) is 0 Å². The number of carbonyl (C=O) groups excluding carboxylic acids is 4. The molecule has 56 heavy (non-hydrogen) atoms. The molecule has 2 bridgehead atoms. The molecule has 2 aromatic carbocycles. The number of esters is 2. The van der Waals surface area contributed by atoms with Crippen LogP contribution in [0.15, 0.2) is 54.8 Å². The smallest absolute Gasteiger partial charge is 0.327 e. The van der Waals surface area contributed by atoms with Crippen LogP contribution in [0, 0.1) is 5.41 Å². The highest BCUT2D eigenvalue weighted by Gasteiger charge is 2.76. The second-order valence-corrected chi connectivity index (χ2v) is 16.1. The van der Waals surface area contributed by atoms with Gasteiger partial charge in [0.15, 0.2) is 11.8 Å². The molecular formula is C41H51N3O12. The first kappa shape index (κ1) is 39.8. The van der Waals surface area contributed by atoms with Crippen molar-refractivity contribution in [2.75, 3.05) is 26.4 Å². The zero-order chi connectivity index (χ0) is 39.7. The van der Waals surface area contributed by atoms with Crippen molar-refractivity contribution in [1.82, 2.24) is 15.7 Å². The molecule has 15 nitrogen and oxygen atoms in total. The molecule has 4 N–H and O–H groups in total. The lowest BCUT2D eigenvalue weighted by Crippen LogP contribution is -2.69. The van der Waals surface area contributed by atoms with Crippen molar-refractivity contribution < 1.29 is 57.9 Å². The Morgan fingerprint density at radius 3 is 2.41 bits per heavy atom. The van der Waals surface area contributed by atoms with E-state index in [2.05, 4.69) is 10.6 Å². The Bertz CT molecular complexity index is 1790. The highest BCUT2D eigenvalue weighted by molar-refractivity contribution is 5.94. The SMILES string of the molecule is CC(C)(C)OC(=O)CCC(CO)NC(=O)CCNC(=O)C12CC3OC(=O)C1N(Cc1ccc(C=COCCO)cc1)OC2C1OC2(Cc4ccccc4C2)OC31. The third-order valence-corrected chi connectivity index (χ3v) is 10.9. The first-order chi connectivity index (χ1) is 26.8. The molecule has 2 amide bonds. The van der Waals surface area contributed by atoms with E-state index >= 15 is 0 Å². The quantitative estimate of drug-likeness (QED) is 0.117. The standard InChI is InChI=1S/C41H51N3O12/c1-39(2,3)53-32(48)13-12-29(24-46)43-31(47)14-16-42-38(50)41-22-30-33-34(55-40(54-33)20-27-6-4-5-7-28(27)21-40)36(41)56-44(35(41)37(49)52-30)23-26-10-8-25(9-11-26)15-18-51-19-17-45/h4-11,15,18,29-30,33-36,45-46H,12-14,16-17,19-24H2,1-3H3,(H,42,50)(H,43,47). The van der Waals surface area contributed by atoms with Crippen LogP contribution in [0.3, 0.4) is 0 Å². The van der Waals surface area contributed by atoms with Crippen LogP contribution in [-0.2, 0) is 67.1 Å². The summed E-state index contributed by atoms with van der Waals surface area (Å²) in [6.07, 6.45) is 1.42. The van der Waals surface area contributed by atoms with Crippen LogP contribution in [0.25, 0.3) is 6.08 Å². The number of hydrogen-bond donors (Lipinski definition) is 4. The largest absolute Gasteiger partial charge is 0.499 e. The van der Waals surface area contributed by atoms with Gasteiger partial charge in [-0.2, -0.15) is 5.06 Å². The van der Waals surface area contributed by atoms with Gasteiger partial charge >= 0.3 is 11.9 Å². The molecule has 3 saturated heterocycles. The number of nitrogens with zero attached hydrogens (tertiary/aromatic N) is 1. The molecule has 7 rings (SSSR count). The topological polar surface area (TPSA) is 191 Å². The lowest BCUT2D eigenvalue weighted by molar-refractivity contribution is -0.217. The molecule has 0 radical (unpaired) electrons. The number of ether oxygens (including phenoxy) is 5. The van der Waals surface area contributed by atoms with Crippen LogP contribution in [0.4, 0.5) is 0 Å². The number of hydrogen-bond acceptors (Lipinski definition) is 13. The van der Waals surface area contributed by atoms with Crippen LogP contribution in [0.2, 0.25) is 0 Å². The molecule has 4 fully saturated rings. The van der Waals surface area contributed by atoms with Crippen LogP contribution < -0.4 is 10.6 Å². The van der Waals surface area contributed by atoms with E-state index in [1.165, 1.54) is 11.3 Å². The van der Waals surface area contributed by atoms with E-state index in [0.29, 0.717) is 12.8 Å². The van der Waals surface area contributed by atoms with E-state index in [1.807, 2.05) is 48.5 Å². The van der Waals surface area contributed by atoms with Crippen molar-refractivity contribution in [2.45, 2.75) is 114 Å². The second-order valence-electron chi connectivity index (χ2n) is 16.1. The number of amides is 2. The molecule has 2 aliphatic carbocycles. The van der Waals surface area contributed by atoms with Crippen molar-refractivity contribution in [1.29, 1.82) is 0 Å². The van der Waals surface area contributed by atoms with Crippen LogP contribution in [0.1, 0.15) is 68.7 Å². The zero-order valence-corrected chi connectivity index (χ0v) is 31.9. The summed E-state index contributed by atoms with van der Waals surface area (Å²) < 4.78 is 30.1. The molecule has 1 spiro atoms. The van der Waals surface area contributed by atoms with Gasteiger partial charge in [0.25, 0.3) is 0 Å². The highest BCUT2D eigenvalue weighted by atomic mass is 16.8. The van der Waals surface area contributed by atoms with Gasteiger partial charge in [-0.1, -0.05) is 48.5 Å². The van der Waals surface area contributed by atoms with E-state index in [4.69, 9.17) is 33.6 Å². The van der Waals surface area contributed by atoms with Crippen LogP contribution in [-0.4, -0.2) is 113 Å². The number of fused-ring (bicyclic) bond motifs is 5. The van der Waals surface area contributed by atoms with Crippen molar-refractivity contribution in [3.8, 4) is 0 Å². The number of nitrogens with one attached hydrogen (secondary N) is 2. The van der Waals surface area contributed by atoms with E-state index in [-0.39, 0.29) is 58.6 Å². The monoisotopic (exact) mass is 777 g/mol. The molecule has 7 atom stereocenters. The van der Waals surface area contributed by atoms with Gasteiger partial charge in [0.05, 0.1) is 32.1 Å². The molecule has 2 aromatic rings.